The maximum atomic E-state index is 12.0. The molecule has 1 aromatic heterocycles. The molecule has 0 unspecified atom stereocenters. The van der Waals surface area contributed by atoms with Gasteiger partial charge in [-0.1, -0.05) is 18.7 Å². The van der Waals surface area contributed by atoms with Gasteiger partial charge in [-0.05, 0) is 44.5 Å². The smallest absolute Gasteiger partial charge is 0.277 e. The molecule has 8 nitrogen and oxygen atoms in total. The number of aromatic nitrogens is 2. The second-order valence-corrected chi connectivity index (χ2v) is 6.63. The summed E-state index contributed by atoms with van der Waals surface area (Å²) in [7, 11) is 0. The van der Waals surface area contributed by atoms with E-state index in [9.17, 15) is 9.59 Å². The van der Waals surface area contributed by atoms with E-state index in [0.29, 0.717) is 19.0 Å². The van der Waals surface area contributed by atoms with Crippen molar-refractivity contribution >= 4 is 23.6 Å². The highest BCUT2D eigenvalue weighted by Crippen LogP contribution is 2.24. The zero-order valence-electron chi connectivity index (χ0n) is 15.7. The van der Waals surface area contributed by atoms with E-state index in [-0.39, 0.29) is 22.8 Å². The van der Waals surface area contributed by atoms with Crippen LogP contribution in [0.25, 0.3) is 11.5 Å². The Bertz CT molecular complexity index is 748. The Labute approximate surface area is 162 Å². The Kier molecular flexibility index (Phi) is 8.12. The molecule has 2 amide bonds. The molecule has 1 atom stereocenters. The monoisotopic (exact) mass is 392 g/mol. The number of amides is 2. The highest BCUT2D eigenvalue weighted by atomic mass is 32.2. The van der Waals surface area contributed by atoms with Crippen molar-refractivity contribution in [3.63, 3.8) is 0 Å². The van der Waals surface area contributed by atoms with Crippen molar-refractivity contribution in [2.24, 2.45) is 0 Å². The zero-order valence-corrected chi connectivity index (χ0v) is 16.5. The molecule has 9 heteroatoms. The Morgan fingerprint density at radius 2 is 1.96 bits per heavy atom. The Morgan fingerprint density at radius 3 is 2.63 bits per heavy atom. The molecule has 1 heterocycles. The lowest BCUT2D eigenvalue weighted by Crippen LogP contribution is -2.45. The molecular formula is C18H24N4O4S. The van der Waals surface area contributed by atoms with Crippen LogP contribution in [0.3, 0.4) is 0 Å². The maximum Gasteiger partial charge on any atom is 0.277 e. The Hall–Kier alpha value is -2.55. The molecule has 0 spiro atoms. The average molecular weight is 392 g/mol. The summed E-state index contributed by atoms with van der Waals surface area (Å²) in [5.41, 5.74) is 0.767. The molecule has 0 radical (unpaired) electrons. The number of nitrogens with one attached hydrogen (secondary N) is 2. The van der Waals surface area contributed by atoms with Crippen molar-refractivity contribution in [2.45, 2.75) is 38.5 Å². The topological polar surface area (TPSA) is 106 Å². The molecule has 0 aliphatic carbocycles. The van der Waals surface area contributed by atoms with Gasteiger partial charge in [0.2, 0.25) is 17.7 Å². The third-order valence-corrected chi connectivity index (χ3v) is 4.28. The summed E-state index contributed by atoms with van der Waals surface area (Å²) in [6.45, 7) is 6.71. The number of carbonyl (C=O) groups is 2. The first kappa shape index (κ1) is 20.8. The van der Waals surface area contributed by atoms with Gasteiger partial charge < -0.3 is 19.8 Å². The minimum absolute atomic E-state index is 0.0797. The number of carbonyl (C=O) groups excluding carboxylic acids is 2. The minimum Gasteiger partial charge on any atom is -0.494 e. The zero-order chi connectivity index (χ0) is 19.6. The molecule has 0 saturated heterocycles. The Balaban J connectivity index is 1.83. The number of nitrogens with zero attached hydrogens (tertiary/aromatic N) is 2. The first-order chi connectivity index (χ1) is 13.0. The van der Waals surface area contributed by atoms with Crippen molar-refractivity contribution in [3.8, 4) is 17.2 Å². The molecule has 0 aliphatic heterocycles. The van der Waals surface area contributed by atoms with Crippen LogP contribution in [0.4, 0.5) is 0 Å². The van der Waals surface area contributed by atoms with Crippen LogP contribution >= 0.6 is 11.8 Å². The van der Waals surface area contributed by atoms with E-state index >= 15 is 0 Å². The van der Waals surface area contributed by atoms with Gasteiger partial charge in [-0.2, -0.15) is 0 Å². The van der Waals surface area contributed by atoms with E-state index in [2.05, 4.69) is 20.8 Å². The average Bonchev–Trinajstić information content (AvgIpc) is 3.14. The van der Waals surface area contributed by atoms with E-state index in [1.54, 1.807) is 6.92 Å². The predicted octanol–water partition coefficient (Wildman–Crippen LogP) is 2.26. The van der Waals surface area contributed by atoms with Crippen molar-refractivity contribution in [3.05, 3.63) is 24.3 Å². The molecule has 0 aliphatic rings. The van der Waals surface area contributed by atoms with Crippen LogP contribution in [-0.4, -0.2) is 47.0 Å². The number of hydrogen-bond donors (Lipinski definition) is 2. The molecule has 0 saturated carbocycles. The van der Waals surface area contributed by atoms with Gasteiger partial charge >= 0.3 is 0 Å². The first-order valence-corrected chi connectivity index (χ1v) is 9.78. The van der Waals surface area contributed by atoms with Gasteiger partial charge in [-0.3, -0.25) is 9.59 Å². The Morgan fingerprint density at radius 1 is 1.22 bits per heavy atom. The SMILES string of the molecule is CCCNC(=O)[C@@H](C)NC(=O)CSc1nnc(-c2ccc(OCC)cc2)o1. The van der Waals surface area contributed by atoms with Crippen LogP contribution in [0.5, 0.6) is 5.75 Å². The van der Waals surface area contributed by atoms with Gasteiger partial charge in [0.15, 0.2) is 0 Å². The number of ether oxygens (including phenoxy) is 1. The van der Waals surface area contributed by atoms with Gasteiger partial charge in [0, 0.05) is 12.1 Å². The fraction of sp³-hybridized carbons (Fsp3) is 0.444. The summed E-state index contributed by atoms with van der Waals surface area (Å²) in [6, 6.07) is 6.72. The molecule has 2 rings (SSSR count). The number of benzene rings is 1. The second kappa shape index (κ2) is 10.6. The van der Waals surface area contributed by atoms with Gasteiger partial charge in [0.25, 0.3) is 5.22 Å². The summed E-state index contributed by atoms with van der Waals surface area (Å²) in [6.07, 6.45) is 0.843. The van der Waals surface area contributed by atoms with E-state index in [4.69, 9.17) is 9.15 Å². The van der Waals surface area contributed by atoms with Gasteiger partial charge in [0.1, 0.15) is 11.8 Å². The number of rotatable bonds is 10. The highest BCUT2D eigenvalue weighted by molar-refractivity contribution is 7.99. The fourth-order valence-electron chi connectivity index (χ4n) is 2.12. The lowest BCUT2D eigenvalue weighted by atomic mass is 10.2. The number of thioether (sulfide) groups is 1. The molecule has 27 heavy (non-hydrogen) atoms. The van der Waals surface area contributed by atoms with Gasteiger partial charge in [0.05, 0.1) is 12.4 Å². The van der Waals surface area contributed by atoms with Crippen LogP contribution < -0.4 is 15.4 Å². The fourth-order valence-corrected chi connectivity index (χ4v) is 2.70. The minimum atomic E-state index is -0.591. The summed E-state index contributed by atoms with van der Waals surface area (Å²) < 4.78 is 11.0. The standard InChI is InChI=1S/C18H24N4O4S/c1-4-10-19-16(24)12(3)20-15(23)11-27-18-22-21-17(26-18)13-6-8-14(9-7-13)25-5-2/h6-9,12H,4-5,10-11H2,1-3H3,(H,19,24)(H,20,23)/t12-/m1/s1. The quantitative estimate of drug-likeness (QED) is 0.597. The molecule has 0 bridgehead atoms. The van der Waals surface area contributed by atoms with E-state index in [1.807, 2.05) is 38.1 Å². The summed E-state index contributed by atoms with van der Waals surface area (Å²) >= 11 is 1.12. The second-order valence-electron chi connectivity index (χ2n) is 5.70. The van der Waals surface area contributed by atoms with E-state index in [1.165, 1.54) is 0 Å². The van der Waals surface area contributed by atoms with Crippen molar-refractivity contribution < 1.29 is 18.7 Å². The van der Waals surface area contributed by atoms with Gasteiger partial charge in [-0.25, -0.2) is 0 Å². The van der Waals surface area contributed by atoms with Crippen LogP contribution in [0.2, 0.25) is 0 Å². The third-order valence-electron chi connectivity index (χ3n) is 3.47. The van der Waals surface area contributed by atoms with Gasteiger partial charge in [-0.15, -0.1) is 10.2 Å². The van der Waals surface area contributed by atoms with Crippen LogP contribution in [0.1, 0.15) is 27.2 Å². The highest BCUT2D eigenvalue weighted by Gasteiger charge is 2.16. The molecule has 0 fully saturated rings. The largest absolute Gasteiger partial charge is 0.494 e. The van der Waals surface area contributed by atoms with Crippen molar-refractivity contribution in [1.82, 2.24) is 20.8 Å². The molecule has 146 valence electrons. The normalized spacial score (nSPS) is 11.7. The molecule has 2 aromatic rings. The molecular weight excluding hydrogens is 368 g/mol. The van der Waals surface area contributed by atoms with Crippen LogP contribution in [-0.2, 0) is 9.59 Å². The van der Waals surface area contributed by atoms with E-state index in [0.717, 1.165) is 29.5 Å². The van der Waals surface area contributed by atoms with Crippen molar-refractivity contribution in [1.29, 1.82) is 0 Å². The third kappa shape index (κ3) is 6.59. The summed E-state index contributed by atoms with van der Waals surface area (Å²) in [5, 5.41) is 13.6. The van der Waals surface area contributed by atoms with Crippen LogP contribution in [0, 0.1) is 0 Å². The van der Waals surface area contributed by atoms with E-state index < -0.39 is 6.04 Å². The summed E-state index contributed by atoms with van der Waals surface area (Å²) in [5.74, 6) is 0.735. The lowest BCUT2D eigenvalue weighted by Gasteiger charge is -2.13. The first-order valence-electron chi connectivity index (χ1n) is 8.80. The van der Waals surface area contributed by atoms with Crippen LogP contribution in [0.15, 0.2) is 33.9 Å². The maximum absolute atomic E-state index is 12.0. The summed E-state index contributed by atoms with van der Waals surface area (Å²) in [4.78, 5) is 23.7. The van der Waals surface area contributed by atoms with Crippen molar-refractivity contribution in [2.75, 3.05) is 18.9 Å². The predicted molar refractivity (Wildman–Crippen MR) is 103 cm³/mol. The molecule has 2 N–H and O–H groups in total. The molecule has 1 aromatic carbocycles. The lowest BCUT2D eigenvalue weighted by molar-refractivity contribution is -0.127. The number of hydrogen-bond acceptors (Lipinski definition) is 7.